The lowest BCUT2D eigenvalue weighted by Crippen LogP contribution is -2.32. The summed E-state index contributed by atoms with van der Waals surface area (Å²) in [5.41, 5.74) is 0.211. The van der Waals surface area contributed by atoms with Crippen molar-refractivity contribution in [1.29, 1.82) is 5.26 Å². The molecule has 3 nitrogen and oxygen atoms in total. The Morgan fingerprint density at radius 1 is 1.05 bits per heavy atom. The van der Waals surface area contributed by atoms with Gasteiger partial charge in [0.05, 0.1) is 20.3 Å². The molecule has 0 heterocycles. The Hall–Kier alpha value is -2.47. The first-order valence-corrected chi connectivity index (χ1v) is 7.47. The number of hydrogen-bond donors (Lipinski definition) is 0. The molecule has 0 radical (unpaired) electrons. The van der Waals surface area contributed by atoms with Crippen molar-refractivity contribution in [3.05, 3.63) is 59.5 Å². The number of methoxy groups -OCH3 is 2. The van der Waals surface area contributed by atoms with Crippen LogP contribution in [0, 0.1) is 11.3 Å². The van der Waals surface area contributed by atoms with E-state index in [1.54, 1.807) is 14.2 Å². The Morgan fingerprint density at radius 3 is 2.50 bits per heavy atom. The van der Waals surface area contributed by atoms with E-state index in [2.05, 4.69) is 30.3 Å². The third-order valence-electron chi connectivity index (χ3n) is 4.48. The third kappa shape index (κ3) is 2.12. The Balaban J connectivity index is 2.22. The molecule has 22 heavy (non-hydrogen) atoms. The molecule has 1 aliphatic carbocycles. The molecule has 1 aliphatic rings. The van der Waals surface area contributed by atoms with Gasteiger partial charge in [-0.15, -0.1) is 0 Å². The van der Waals surface area contributed by atoms with Crippen LogP contribution in [0.3, 0.4) is 0 Å². The van der Waals surface area contributed by atoms with Crippen molar-refractivity contribution in [3.63, 3.8) is 0 Å². The van der Waals surface area contributed by atoms with Gasteiger partial charge in [-0.05, 0) is 35.2 Å². The van der Waals surface area contributed by atoms with E-state index in [-0.39, 0.29) is 0 Å². The van der Waals surface area contributed by atoms with Crippen LogP contribution in [0.15, 0.2) is 54.0 Å². The molecule has 0 amide bonds. The van der Waals surface area contributed by atoms with Gasteiger partial charge in [0.2, 0.25) is 0 Å². The first-order valence-electron chi connectivity index (χ1n) is 7.47. The minimum Gasteiger partial charge on any atom is -0.498 e. The maximum Gasteiger partial charge on any atom is 0.158 e. The van der Waals surface area contributed by atoms with Crippen LogP contribution in [0.5, 0.6) is 0 Å². The zero-order valence-corrected chi connectivity index (χ0v) is 12.9. The van der Waals surface area contributed by atoms with Crippen LogP contribution in [0.4, 0.5) is 0 Å². The second-order valence-corrected chi connectivity index (χ2v) is 5.59. The maximum atomic E-state index is 9.96. The van der Waals surface area contributed by atoms with Crippen molar-refractivity contribution < 1.29 is 9.47 Å². The van der Waals surface area contributed by atoms with Crippen LogP contribution in [0.1, 0.15) is 24.8 Å². The molecule has 2 aromatic rings. The predicted octanol–water partition coefficient (Wildman–Crippen LogP) is 4.29. The smallest absolute Gasteiger partial charge is 0.158 e. The fourth-order valence-corrected chi connectivity index (χ4v) is 3.36. The van der Waals surface area contributed by atoms with Gasteiger partial charge in [0, 0.05) is 6.42 Å². The Labute approximate surface area is 130 Å². The summed E-state index contributed by atoms with van der Waals surface area (Å²) in [6.07, 6.45) is 2.48. The monoisotopic (exact) mass is 293 g/mol. The fraction of sp³-hybridized carbons (Fsp3) is 0.316. The average Bonchev–Trinajstić information content (AvgIpc) is 2.60. The fourth-order valence-electron chi connectivity index (χ4n) is 3.36. The molecule has 0 N–H and O–H groups in total. The number of allylic oxidation sites excluding steroid dienone is 2. The summed E-state index contributed by atoms with van der Waals surface area (Å²) in [6.45, 7) is 0. The summed E-state index contributed by atoms with van der Waals surface area (Å²) in [5.74, 6) is 1.43. The Bertz CT molecular complexity index is 772. The van der Waals surface area contributed by atoms with E-state index < -0.39 is 5.41 Å². The van der Waals surface area contributed by atoms with Gasteiger partial charge in [-0.3, -0.25) is 0 Å². The quantitative estimate of drug-likeness (QED) is 0.847. The van der Waals surface area contributed by atoms with Crippen molar-refractivity contribution >= 4 is 10.8 Å². The second-order valence-electron chi connectivity index (χ2n) is 5.59. The molecule has 3 heteroatoms. The number of fused-ring (bicyclic) bond motifs is 1. The molecule has 0 spiro atoms. The molecule has 3 rings (SSSR count). The third-order valence-corrected chi connectivity index (χ3v) is 4.48. The zero-order valence-electron chi connectivity index (χ0n) is 12.9. The van der Waals surface area contributed by atoms with Gasteiger partial charge in [0.15, 0.2) is 5.76 Å². The predicted molar refractivity (Wildman–Crippen MR) is 86.1 cm³/mol. The highest BCUT2D eigenvalue weighted by Gasteiger charge is 2.43. The lowest BCUT2D eigenvalue weighted by atomic mass is 9.72. The van der Waals surface area contributed by atoms with Crippen molar-refractivity contribution in [2.24, 2.45) is 0 Å². The molecule has 0 bridgehead atoms. The van der Waals surface area contributed by atoms with Gasteiger partial charge in [-0.25, -0.2) is 0 Å². The Morgan fingerprint density at radius 2 is 1.82 bits per heavy atom. The van der Waals surface area contributed by atoms with Crippen molar-refractivity contribution in [2.75, 3.05) is 14.2 Å². The molecule has 1 unspecified atom stereocenters. The highest BCUT2D eigenvalue weighted by Crippen LogP contribution is 2.44. The molecule has 0 fully saturated rings. The summed E-state index contributed by atoms with van der Waals surface area (Å²) in [5, 5.41) is 12.3. The minimum atomic E-state index is -0.762. The molecule has 112 valence electrons. The maximum absolute atomic E-state index is 9.96. The Kier molecular flexibility index (Phi) is 3.77. The van der Waals surface area contributed by atoms with Gasteiger partial charge >= 0.3 is 0 Å². The van der Waals surface area contributed by atoms with Gasteiger partial charge in [0.25, 0.3) is 0 Å². The molecule has 0 aliphatic heterocycles. The van der Waals surface area contributed by atoms with Gasteiger partial charge < -0.3 is 9.47 Å². The van der Waals surface area contributed by atoms with Crippen LogP contribution in [-0.2, 0) is 14.9 Å². The summed E-state index contributed by atoms with van der Waals surface area (Å²) in [4.78, 5) is 0. The topological polar surface area (TPSA) is 42.2 Å². The van der Waals surface area contributed by atoms with E-state index in [0.29, 0.717) is 5.76 Å². The lowest BCUT2D eigenvalue weighted by Gasteiger charge is -2.34. The molecular formula is C19H19NO2. The number of hydrogen-bond acceptors (Lipinski definition) is 3. The second kappa shape index (κ2) is 5.73. The summed E-state index contributed by atoms with van der Waals surface area (Å²) in [6, 6.07) is 16.9. The standard InChI is InChI=1S/C19H19NO2/c1-21-17-8-5-11-19(13-20,18(17)22-2)16-10-9-14-6-3-4-7-15(14)12-16/h3-4,6-7,9-10,12H,5,8,11H2,1-2H3. The zero-order chi connectivity index (χ0) is 15.6. The van der Waals surface area contributed by atoms with E-state index in [9.17, 15) is 5.26 Å². The molecule has 0 aromatic heterocycles. The average molecular weight is 293 g/mol. The minimum absolute atomic E-state index is 0.652. The first kappa shape index (κ1) is 14.5. The lowest BCUT2D eigenvalue weighted by molar-refractivity contribution is 0.161. The number of nitrogens with zero attached hydrogens (tertiary/aromatic N) is 1. The van der Waals surface area contributed by atoms with Gasteiger partial charge in [0.1, 0.15) is 11.2 Å². The normalized spacial score (nSPS) is 21.5. The van der Waals surface area contributed by atoms with E-state index in [1.165, 1.54) is 5.39 Å². The van der Waals surface area contributed by atoms with E-state index in [0.717, 1.165) is 36.0 Å². The van der Waals surface area contributed by atoms with Crippen molar-refractivity contribution in [3.8, 4) is 6.07 Å². The molecule has 0 saturated heterocycles. The van der Waals surface area contributed by atoms with Crippen LogP contribution in [0.25, 0.3) is 10.8 Å². The summed E-state index contributed by atoms with van der Waals surface area (Å²) >= 11 is 0. The number of nitriles is 1. The number of benzene rings is 2. The van der Waals surface area contributed by atoms with Crippen LogP contribution >= 0.6 is 0 Å². The number of ether oxygens (including phenoxy) is 2. The van der Waals surface area contributed by atoms with E-state index in [4.69, 9.17) is 9.47 Å². The van der Waals surface area contributed by atoms with Crippen molar-refractivity contribution in [1.82, 2.24) is 0 Å². The van der Waals surface area contributed by atoms with Crippen LogP contribution in [0.2, 0.25) is 0 Å². The summed E-state index contributed by atoms with van der Waals surface area (Å²) in [7, 11) is 3.26. The molecule has 2 aromatic carbocycles. The highest BCUT2D eigenvalue weighted by molar-refractivity contribution is 5.83. The van der Waals surface area contributed by atoms with Crippen LogP contribution < -0.4 is 0 Å². The molecule has 0 saturated carbocycles. The van der Waals surface area contributed by atoms with Gasteiger partial charge in [-0.1, -0.05) is 36.4 Å². The SMILES string of the molecule is COC1=C(OC)C(C#N)(c2ccc3ccccc3c2)CCC1. The van der Waals surface area contributed by atoms with E-state index >= 15 is 0 Å². The largest absolute Gasteiger partial charge is 0.498 e. The van der Waals surface area contributed by atoms with Gasteiger partial charge in [-0.2, -0.15) is 5.26 Å². The van der Waals surface area contributed by atoms with Crippen molar-refractivity contribution in [2.45, 2.75) is 24.7 Å². The first-order chi connectivity index (χ1) is 10.7. The molecular weight excluding hydrogens is 274 g/mol. The van der Waals surface area contributed by atoms with Crippen LogP contribution in [-0.4, -0.2) is 14.2 Å². The number of rotatable bonds is 3. The van der Waals surface area contributed by atoms with E-state index in [1.807, 2.05) is 18.2 Å². The summed E-state index contributed by atoms with van der Waals surface area (Å²) < 4.78 is 11.1. The molecule has 1 atom stereocenters. The highest BCUT2D eigenvalue weighted by atomic mass is 16.5.